The quantitative estimate of drug-likeness (QED) is 0.0463. The number of anilines is 4. The molecule has 0 fully saturated rings. The SMILES string of the molecule is CCOC(=O)c1cn[nH]c1N.CCOC(=O)c1cn[nH]c1N.CCOC(=O)c1cn[nH]c1N.CCOC(=O)c1cn[nH]c1N.O.O.[Br-].[Br-].[Cu+2]. The van der Waals surface area contributed by atoms with Crippen LogP contribution < -0.4 is 56.9 Å². The average molecular weight is 880 g/mol. The van der Waals surface area contributed by atoms with Crippen molar-refractivity contribution in [2.75, 3.05) is 49.4 Å². The number of carbonyl (C=O) groups is 4. The van der Waals surface area contributed by atoms with E-state index in [1.165, 1.54) is 24.8 Å². The zero-order chi connectivity index (χ0) is 33.1. The summed E-state index contributed by atoms with van der Waals surface area (Å²) in [4.78, 5) is 43.9. The number of nitrogen functional groups attached to an aromatic ring is 4. The first kappa shape index (κ1) is 53.8. The number of esters is 4. The Kier molecular flexibility index (Phi) is 32.3. The molecule has 0 saturated carbocycles. The van der Waals surface area contributed by atoms with Gasteiger partial charge in [0.2, 0.25) is 0 Å². The van der Waals surface area contributed by atoms with Crippen LogP contribution in [0, 0.1) is 0 Å². The summed E-state index contributed by atoms with van der Waals surface area (Å²) in [5.74, 6) is -0.825. The predicted molar refractivity (Wildman–Crippen MR) is 163 cm³/mol. The summed E-state index contributed by atoms with van der Waals surface area (Å²) in [5, 5.41) is 24.0. The second-order valence-corrected chi connectivity index (χ2v) is 7.67. The zero-order valence-corrected chi connectivity index (χ0v) is 30.7. The van der Waals surface area contributed by atoms with Crippen LogP contribution in [0.25, 0.3) is 0 Å². The van der Waals surface area contributed by atoms with Crippen LogP contribution in [0.1, 0.15) is 69.1 Å². The van der Waals surface area contributed by atoms with Crippen LogP contribution in [0.5, 0.6) is 0 Å². The van der Waals surface area contributed by atoms with Crippen LogP contribution in [0.3, 0.4) is 0 Å². The molecule has 0 bridgehead atoms. The molecule has 0 unspecified atom stereocenters. The van der Waals surface area contributed by atoms with Crippen molar-refractivity contribution in [1.29, 1.82) is 0 Å². The monoisotopic (exact) mass is 877 g/mol. The van der Waals surface area contributed by atoms with E-state index in [-0.39, 0.29) is 108 Å². The molecule has 0 amide bonds. The molecule has 0 aliphatic heterocycles. The molecule has 1 radical (unpaired) electrons. The van der Waals surface area contributed by atoms with Crippen molar-refractivity contribution in [3.05, 3.63) is 47.0 Å². The number of carbonyl (C=O) groups excluding carboxylic acids is 4. The molecule has 16 N–H and O–H groups in total. The minimum Gasteiger partial charge on any atom is -1.00 e. The molecule has 0 spiro atoms. The molecule has 0 aliphatic carbocycles. The third-order valence-corrected chi connectivity index (χ3v) is 4.66. The Morgan fingerprint density at radius 1 is 0.490 bits per heavy atom. The van der Waals surface area contributed by atoms with Crippen molar-refractivity contribution >= 4 is 47.1 Å². The van der Waals surface area contributed by atoms with E-state index in [0.717, 1.165) is 0 Å². The molecule has 0 aliphatic rings. The fourth-order valence-corrected chi connectivity index (χ4v) is 2.67. The third kappa shape index (κ3) is 18.4. The third-order valence-electron chi connectivity index (χ3n) is 4.66. The van der Waals surface area contributed by atoms with Crippen LogP contribution in [-0.2, 0) is 36.0 Å². The predicted octanol–water partition coefficient (Wildman–Crippen LogP) is -6.97. The molecule has 281 valence electrons. The maximum Gasteiger partial charge on any atom is 2.00 e. The molecule has 22 nitrogen and oxygen atoms in total. The molecule has 49 heavy (non-hydrogen) atoms. The Morgan fingerprint density at radius 2 is 0.653 bits per heavy atom. The van der Waals surface area contributed by atoms with E-state index in [0.29, 0.717) is 26.4 Å². The Morgan fingerprint density at radius 3 is 0.755 bits per heavy atom. The van der Waals surface area contributed by atoms with Gasteiger partial charge in [0.05, 0.1) is 51.2 Å². The number of rotatable bonds is 8. The van der Waals surface area contributed by atoms with Crippen molar-refractivity contribution in [3.63, 3.8) is 0 Å². The van der Waals surface area contributed by atoms with Gasteiger partial charge in [0.15, 0.2) is 0 Å². The van der Waals surface area contributed by atoms with E-state index in [9.17, 15) is 19.2 Å². The summed E-state index contributed by atoms with van der Waals surface area (Å²) in [6, 6.07) is 0. The number of aromatic nitrogens is 8. The molecular formula is C24H40Br2CuN12O10. The number of H-pyrrole nitrogens is 4. The van der Waals surface area contributed by atoms with E-state index in [4.69, 9.17) is 22.9 Å². The largest absolute Gasteiger partial charge is 2.00 e. The van der Waals surface area contributed by atoms with E-state index in [2.05, 4.69) is 59.7 Å². The minimum absolute atomic E-state index is 0. The van der Waals surface area contributed by atoms with Crippen molar-refractivity contribution in [1.82, 2.24) is 40.8 Å². The van der Waals surface area contributed by atoms with Gasteiger partial charge in [-0.2, -0.15) is 20.4 Å². The van der Waals surface area contributed by atoms with E-state index >= 15 is 0 Å². The molecule has 0 saturated heterocycles. The Bertz CT molecular complexity index is 1270. The Balaban J connectivity index is -0.000000170. The summed E-state index contributed by atoms with van der Waals surface area (Å²) in [7, 11) is 0. The summed E-state index contributed by atoms with van der Waals surface area (Å²) in [6.45, 7) is 8.27. The van der Waals surface area contributed by atoms with Crippen LogP contribution in [0.4, 0.5) is 23.3 Å². The van der Waals surface area contributed by atoms with Gasteiger partial charge in [-0.05, 0) is 27.7 Å². The molecule has 0 atom stereocenters. The standard InChI is InChI=1S/4C6H9N3O2.2BrH.Cu.2H2O/c4*1-2-11-6(10)4-3-8-9-5(4)7;;;;;/h4*3H,2H2,1H3,(H3,7,8,9);2*1H;;2*1H2/q;;;;;;+2;;/p-2. The maximum atomic E-state index is 11.0. The molecule has 4 rings (SSSR count). The van der Waals surface area contributed by atoms with E-state index in [1.54, 1.807) is 27.7 Å². The fourth-order valence-electron chi connectivity index (χ4n) is 2.67. The Labute approximate surface area is 311 Å². The van der Waals surface area contributed by atoms with Crippen LogP contribution >= 0.6 is 0 Å². The minimum atomic E-state index is -0.446. The summed E-state index contributed by atoms with van der Waals surface area (Å²) in [6.07, 6.45) is 5.36. The molecule has 4 aromatic rings. The molecule has 0 aromatic carbocycles. The number of aromatic amines is 4. The fraction of sp³-hybridized carbons (Fsp3) is 0.333. The van der Waals surface area contributed by atoms with Gasteiger partial charge in [0, 0.05) is 0 Å². The number of hydrogen-bond donors (Lipinski definition) is 8. The maximum absolute atomic E-state index is 11.0. The molecule has 25 heteroatoms. The van der Waals surface area contributed by atoms with Gasteiger partial charge in [-0.1, -0.05) is 0 Å². The van der Waals surface area contributed by atoms with Gasteiger partial charge in [-0.3, -0.25) is 20.4 Å². The number of halogens is 2. The second kappa shape index (κ2) is 29.5. The smallest absolute Gasteiger partial charge is 1.00 e. The van der Waals surface area contributed by atoms with Gasteiger partial charge in [0.25, 0.3) is 0 Å². The first-order chi connectivity index (χ1) is 21.0. The van der Waals surface area contributed by atoms with Crippen molar-refractivity contribution in [2.45, 2.75) is 27.7 Å². The molecule has 4 heterocycles. The van der Waals surface area contributed by atoms with E-state index < -0.39 is 23.9 Å². The number of nitrogens with one attached hydrogen (secondary N) is 4. The van der Waals surface area contributed by atoms with Crippen molar-refractivity contribution in [2.24, 2.45) is 0 Å². The normalized spacial score (nSPS) is 8.57. The average Bonchev–Trinajstić information content (AvgIpc) is 3.79. The van der Waals surface area contributed by atoms with Gasteiger partial charge in [0.1, 0.15) is 45.5 Å². The first-order valence-electron chi connectivity index (χ1n) is 12.9. The summed E-state index contributed by atoms with van der Waals surface area (Å²) in [5.41, 5.74) is 22.5. The van der Waals surface area contributed by atoms with Crippen LogP contribution in [0.2, 0.25) is 0 Å². The number of hydrogen-bond acceptors (Lipinski definition) is 16. The van der Waals surface area contributed by atoms with Crippen molar-refractivity contribution in [3.8, 4) is 0 Å². The van der Waals surface area contributed by atoms with Crippen LogP contribution in [0.15, 0.2) is 24.8 Å². The van der Waals surface area contributed by atoms with E-state index in [1.807, 2.05) is 0 Å². The summed E-state index contributed by atoms with van der Waals surface area (Å²) >= 11 is 0. The second-order valence-electron chi connectivity index (χ2n) is 7.67. The number of nitrogens with two attached hydrogens (primary N) is 4. The molecular weight excluding hydrogens is 840 g/mol. The first-order valence-corrected chi connectivity index (χ1v) is 12.9. The van der Waals surface area contributed by atoms with Gasteiger partial charge < -0.3 is 86.8 Å². The van der Waals surface area contributed by atoms with Crippen LogP contribution in [-0.4, -0.2) is 102 Å². The number of ether oxygens (including phenoxy) is 4. The topological polar surface area (TPSA) is 387 Å². The number of nitrogens with zero attached hydrogens (tertiary/aromatic N) is 4. The zero-order valence-electron chi connectivity index (χ0n) is 26.6. The van der Waals surface area contributed by atoms with Gasteiger partial charge in [-0.25, -0.2) is 19.2 Å². The molecule has 4 aromatic heterocycles. The summed E-state index contributed by atoms with van der Waals surface area (Å²) < 4.78 is 18.8. The van der Waals surface area contributed by atoms with Gasteiger partial charge in [-0.15, -0.1) is 0 Å². The Hall–Kier alpha value is -4.68. The van der Waals surface area contributed by atoms with Gasteiger partial charge >= 0.3 is 40.9 Å². The van der Waals surface area contributed by atoms with Crippen molar-refractivity contribution < 1.29 is 100 Å².